The van der Waals surface area contributed by atoms with Gasteiger partial charge in [-0.25, -0.2) is 0 Å². The van der Waals surface area contributed by atoms with Crippen LogP contribution in [0.3, 0.4) is 0 Å². The molecule has 0 radical (unpaired) electrons. The molecule has 0 amide bonds. The van der Waals surface area contributed by atoms with E-state index in [2.05, 4.69) is 117 Å². The molecule has 5 aliphatic rings. The highest BCUT2D eigenvalue weighted by molar-refractivity contribution is 7.19. The lowest BCUT2D eigenvalue weighted by atomic mass is 9.43. The van der Waals surface area contributed by atoms with Gasteiger partial charge in [-0.05, 0) is 109 Å². The summed E-state index contributed by atoms with van der Waals surface area (Å²) in [6.45, 7) is 7.62. The van der Waals surface area contributed by atoms with E-state index in [0.717, 1.165) is 52.5 Å². The summed E-state index contributed by atoms with van der Waals surface area (Å²) in [4.78, 5) is 10.9. The summed E-state index contributed by atoms with van der Waals surface area (Å²) < 4.78 is 0. The van der Waals surface area contributed by atoms with Crippen molar-refractivity contribution in [3.8, 4) is 0 Å². The topological polar surface area (TPSA) is 25.8 Å². The summed E-state index contributed by atoms with van der Waals surface area (Å²) >= 11 is 0. The van der Waals surface area contributed by atoms with Gasteiger partial charge in [0.2, 0.25) is 0 Å². The number of hydrogen-bond acceptors (Lipinski definition) is 2. The van der Waals surface area contributed by atoms with E-state index >= 15 is 0 Å². The summed E-state index contributed by atoms with van der Waals surface area (Å²) in [6, 6.07) is 26.2. The van der Waals surface area contributed by atoms with Gasteiger partial charge in [-0.2, -0.15) is 0 Å². The first-order valence-corrected chi connectivity index (χ1v) is 21.2. The van der Waals surface area contributed by atoms with E-state index in [1.54, 1.807) is 16.3 Å². The van der Waals surface area contributed by atoms with E-state index in [-0.39, 0.29) is 5.41 Å². The molecule has 0 saturated heterocycles. The Hall–Kier alpha value is -2.18. The molecule has 4 aromatic rings. The Labute approximate surface area is 262 Å². The first-order valence-electron chi connectivity index (χ1n) is 16.4. The number of para-hydroxylation sites is 2. The van der Waals surface area contributed by atoms with E-state index in [4.69, 9.17) is 9.97 Å². The SMILES string of the molecule is C[Si](C)(C)C1=CC(C23CC4CC(CC(C4)C2CP)C3)=C(C(P)(c2ccc3ccccc3n2)c2ccc3ccccc3n2)C1. The minimum atomic E-state index is -1.56. The summed E-state index contributed by atoms with van der Waals surface area (Å²) in [5.74, 6) is 3.40. The molecule has 5 unspecified atom stereocenters. The van der Waals surface area contributed by atoms with Crippen LogP contribution in [0.15, 0.2) is 95.2 Å². The van der Waals surface area contributed by atoms with E-state index in [1.165, 1.54) is 49.0 Å². The Morgan fingerprint density at radius 1 is 0.791 bits per heavy atom. The van der Waals surface area contributed by atoms with Gasteiger partial charge >= 0.3 is 0 Å². The van der Waals surface area contributed by atoms with Crippen LogP contribution in [0.25, 0.3) is 21.8 Å². The molecule has 4 saturated carbocycles. The van der Waals surface area contributed by atoms with Crippen molar-refractivity contribution in [3.05, 3.63) is 107 Å². The van der Waals surface area contributed by atoms with Crippen molar-refractivity contribution in [1.29, 1.82) is 0 Å². The van der Waals surface area contributed by atoms with Crippen LogP contribution in [0.2, 0.25) is 19.6 Å². The lowest BCUT2D eigenvalue weighted by molar-refractivity contribution is -0.0764. The van der Waals surface area contributed by atoms with E-state index < -0.39 is 13.2 Å². The maximum Gasteiger partial charge on any atom is 0.0902 e. The van der Waals surface area contributed by atoms with Gasteiger partial charge in [0.05, 0.1) is 35.7 Å². The lowest BCUT2D eigenvalue weighted by Crippen LogP contribution is -2.54. The third-order valence-electron chi connectivity index (χ3n) is 11.8. The van der Waals surface area contributed by atoms with Crippen LogP contribution in [0.4, 0.5) is 0 Å². The van der Waals surface area contributed by atoms with Crippen molar-refractivity contribution >= 4 is 48.4 Å². The number of pyridine rings is 2. The molecule has 2 aromatic heterocycles. The van der Waals surface area contributed by atoms with Gasteiger partial charge in [-0.15, -0.1) is 18.5 Å². The minimum Gasteiger partial charge on any atom is -0.251 e. The molecule has 2 nitrogen and oxygen atoms in total. The number of benzene rings is 2. The fourth-order valence-corrected chi connectivity index (χ4v) is 12.6. The maximum absolute atomic E-state index is 5.44. The molecular formula is C38H44N2P2Si. The molecule has 5 atom stereocenters. The second-order valence-electron chi connectivity index (χ2n) is 15.2. The molecule has 5 aliphatic carbocycles. The van der Waals surface area contributed by atoms with E-state index in [9.17, 15) is 0 Å². The molecule has 4 fully saturated rings. The van der Waals surface area contributed by atoms with Gasteiger partial charge in [0.25, 0.3) is 0 Å². The number of hydrogen-bond donors (Lipinski definition) is 0. The quantitative estimate of drug-likeness (QED) is 0.159. The van der Waals surface area contributed by atoms with Crippen LogP contribution in [0, 0.1) is 29.1 Å². The van der Waals surface area contributed by atoms with Crippen LogP contribution < -0.4 is 0 Å². The lowest BCUT2D eigenvalue weighted by Gasteiger charge is -2.62. The average Bonchev–Trinajstić information content (AvgIpc) is 3.48. The molecular weight excluding hydrogens is 574 g/mol. The Morgan fingerprint density at radius 3 is 1.88 bits per heavy atom. The zero-order valence-corrected chi connectivity index (χ0v) is 29.1. The molecule has 220 valence electrons. The largest absolute Gasteiger partial charge is 0.251 e. The van der Waals surface area contributed by atoms with Crippen LogP contribution >= 0.6 is 18.5 Å². The summed E-state index contributed by atoms with van der Waals surface area (Å²) in [7, 11) is 5.03. The average molecular weight is 619 g/mol. The van der Waals surface area contributed by atoms with Crippen molar-refractivity contribution in [3.63, 3.8) is 0 Å². The zero-order chi connectivity index (χ0) is 29.6. The number of nitrogens with zero attached hydrogens (tertiary/aromatic N) is 2. The predicted molar refractivity (Wildman–Crippen MR) is 191 cm³/mol. The smallest absolute Gasteiger partial charge is 0.0902 e. The Kier molecular flexibility index (Phi) is 6.69. The van der Waals surface area contributed by atoms with Crippen molar-refractivity contribution in [1.82, 2.24) is 9.97 Å². The van der Waals surface area contributed by atoms with E-state index in [0.29, 0.717) is 0 Å². The van der Waals surface area contributed by atoms with Crippen molar-refractivity contribution < 1.29 is 0 Å². The van der Waals surface area contributed by atoms with Crippen LogP contribution in [0.1, 0.15) is 49.9 Å². The maximum atomic E-state index is 5.44. The van der Waals surface area contributed by atoms with Gasteiger partial charge in [0.1, 0.15) is 0 Å². The van der Waals surface area contributed by atoms with Gasteiger partial charge in [-0.1, -0.05) is 79.4 Å². The first-order chi connectivity index (χ1) is 20.7. The molecule has 9 rings (SSSR count). The predicted octanol–water partition coefficient (Wildman–Crippen LogP) is 9.72. The summed E-state index contributed by atoms with van der Waals surface area (Å²) in [5.41, 5.74) is 7.82. The highest BCUT2D eigenvalue weighted by atomic mass is 31.0. The number of fused-ring (bicyclic) bond motifs is 2. The number of rotatable bonds is 6. The van der Waals surface area contributed by atoms with Crippen LogP contribution in [-0.2, 0) is 5.16 Å². The van der Waals surface area contributed by atoms with Gasteiger partial charge in [0, 0.05) is 10.8 Å². The Balaban J connectivity index is 1.41. The highest BCUT2D eigenvalue weighted by Gasteiger charge is 2.59. The molecule has 5 heteroatoms. The fourth-order valence-electron chi connectivity index (χ4n) is 9.87. The second kappa shape index (κ2) is 10.2. The molecule has 0 aliphatic heterocycles. The number of aromatic nitrogens is 2. The molecule has 0 spiro atoms. The molecule has 2 aromatic carbocycles. The standard InChI is InChI=1S/C38H44N2P2Si/c1-43(2,3)29-19-30(37-21-24-16-25(22-37)18-28(17-24)32(37)23-41)31(20-29)38(42,35-14-12-26-8-4-6-10-33(26)39-35)36-15-13-27-9-5-7-11-34(27)40-36/h4-15,19,24-25,28,32H,16-18,20-23,41-42H2,1-3H3. The van der Waals surface area contributed by atoms with Crippen LogP contribution in [0.5, 0.6) is 0 Å². The Morgan fingerprint density at radius 2 is 1.35 bits per heavy atom. The van der Waals surface area contributed by atoms with Crippen LogP contribution in [-0.4, -0.2) is 24.2 Å². The van der Waals surface area contributed by atoms with Gasteiger partial charge in [-0.3, -0.25) is 9.97 Å². The minimum absolute atomic E-state index is 0.267. The third kappa shape index (κ3) is 4.40. The zero-order valence-electron chi connectivity index (χ0n) is 25.8. The molecule has 2 heterocycles. The molecule has 4 bridgehead atoms. The monoisotopic (exact) mass is 618 g/mol. The van der Waals surface area contributed by atoms with E-state index in [1.807, 2.05) is 0 Å². The highest BCUT2D eigenvalue weighted by Crippen LogP contribution is 2.68. The van der Waals surface area contributed by atoms with Crippen molar-refractivity contribution in [2.45, 2.75) is 63.3 Å². The molecule has 43 heavy (non-hydrogen) atoms. The fraction of sp³-hybridized carbons (Fsp3) is 0.421. The summed E-state index contributed by atoms with van der Waals surface area (Å²) in [5, 5.41) is 3.58. The second-order valence-corrected chi connectivity index (χ2v) is 21.7. The third-order valence-corrected chi connectivity index (χ3v) is 15.5. The first kappa shape index (κ1) is 28.3. The normalized spacial score (nSPS) is 28.7. The van der Waals surface area contributed by atoms with Gasteiger partial charge < -0.3 is 0 Å². The number of allylic oxidation sites excluding steroid dienone is 4. The Bertz CT molecular complexity index is 1720. The van der Waals surface area contributed by atoms with Gasteiger partial charge in [0.15, 0.2) is 0 Å². The van der Waals surface area contributed by atoms with Crippen molar-refractivity contribution in [2.75, 3.05) is 6.16 Å². The summed E-state index contributed by atoms with van der Waals surface area (Å²) in [6.07, 6.45) is 12.1. The van der Waals surface area contributed by atoms with Crippen molar-refractivity contribution in [2.24, 2.45) is 29.1 Å². The molecule has 0 N–H and O–H groups in total.